The summed E-state index contributed by atoms with van der Waals surface area (Å²) in [5.74, 6) is 1.78. The van der Waals surface area contributed by atoms with E-state index in [1.54, 1.807) is 26.0 Å². The molecule has 0 spiro atoms. The van der Waals surface area contributed by atoms with Gasteiger partial charge in [0.1, 0.15) is 11.5 Å². The monoisotopic (exact) mass is 263 g/mol. The lowest BCUT2D eigenvalue weighted by atomic mass is 9.94. The van der Waals surface area contributed by atoms with Gasteiger partial charge in [-0.1, -0.05) is 6.92 Å². The van der Waals surface area contributed by atoms with Crippen molar-refractivity contribution in [3.63, 3.8) is 0 Å². The largest absolute Gasteiger partial charge is 0.496 e. The summed E-state index contributed by atoms with van der Waals surface area (Å²) in [5.41, 5.74) is 0.982. The molecule has 0 aromatic heterocycles. The van der Waals surface area contributed by atoms with Gasteiger partial charge in [-0.3, -0.25) is 0 Å². The number of nitrogens with zero attached hydrogens (tertiary/aromatic N) is 1. The molecule has 2 atom stereocenters. The van der Waals surface area contributed by atoms with Gasteiger partial charge in [-0.2, -0.15) is 5.26 Å². The van der Waals surface area contributed by atoms with Gasteiger partial charge in [0.15, 0.2) is 0 Å². The molecule has 0 amide bonds. The van der Waals surface area contributed by atoms with Crippen LogP contribution in [-0.4, -0.2) is 20.5 Å². The molecule has 1 fully saturated rings. The molecule has 0 radical (unpaired) electrons. The molecule has 0 bridgehead atoms. The van der Waals surface area contributed by atoms with Crippen LogP contribution in [0.5, 0.6) is 11.5 Å². The smallest absolute Gasteiger partial charge is 0.132 e. The van der Waals surface area contributed by atoms with Crippen LogP contribution in [0.2, 0.25) is 0 Å². The van der Waals surface area contributed by atoms with E-state index in [0.717, 1.165) is 28.4 Å². The average molecular weight is 263 g/mol. The molecule has 96 valence electrons. The molecule has 1 aliphatic carbocycles. The lowest BCUT2D eigenvalue weighted by Gasteiger charge is -2.18. The molecule has 0 saturated heterocycles. The maximum absolute atomic E-state index is 9.07. The first kappa shape index (κ1) is 13.1. The molecule has 1 aromatic rings. The van der Waals surface area contributed by atoms with Gasteiger partial charge in [0.25, 0.3) is 0 Å². The second kappa shape index (κ2) is 4.74. The predicted octanol–water partition coefficient (Wildman–Crippen LogP) is 3.23. The Balaban J connectivity index is 2.51. The van der Waals surface area contributed by atoms with E-state index in [0.29, 0.717) is 0 Å². The summed E-state index contributed by atoms with van der Waals surface area (Å²) in [5, 5.41) is 9.07. The van der Waals surface area contributed by atoms with E-state index < -0.39 is 0 Å². The zero-order valence-electron chi connectivity index (χ0n) is 11.1. The van der Waals surface area contributed by atoms with Crippen molar-refractivity contribution in [3.8, 4) is 17.6 Å². The molecule has 4 heteroatoms. The Morgan fingerprint density at radius 3 is 2.44 bits per heavy atom. The van der Waals surface area contributed by atoms with Crippen molar-refractivity contribution in [1.29, 1.82) is 5.26 Å². The van der Waals surface area contributed by atoms with Crippen LogP contribution in [0, 0.1) is 17.2 Å². The van der Waals surface area contributed by atoms with Crippen molar-refractivity contribution >= 4 is 11.8 Å². The van der Waals surface area contributed by atoms with E-state index in [1.165, 1.54) is 0 Å². The standard InChI is InChI=1S/C14H17NO2S/c1-14(7-9(14)8-15)10-5-12(17-3)13(18-4)6-11(10)16-2/h5-6,9H,7H2,1-4H3. The quantitative estimate of drug-likeness (QED) is 0.782. The Bertz CT molecular complexity index is 509. The van der Waals surface area contributed by atoms with Crippen LogP contribution >= 0.6 is 11.8 Å². The minimum atomic E-state index is -0.0929. The Hall–Kier alpha value is -1.34. The molecule has 1 aliphatic rings. The number of rotatable bonds is 4. The highest BCUT2D eigenvalue weighted by Crippen LogP contribution is 2.57. The minimum absolute atomic E-state index is 0.0798. The number of nitriles is 1. The Morgan fingerprint density at radius 1 is 1.33 bits per heavy atom. The van der Waals surface area contributed by atoms with Crippen LogP contribution in [0.1, 0.15) is 18.9 Å². The van der Waals surface area contributed by atoms with Crippen LogP contribution in [0.15, 0.2) is 17.0 Å². The van der Waals surface area contributed by atoms with E-state index in [2.05, 4.69) is 13.0 Å². The van der Waals surface area contributed by atoms with Gasteiger partial charge < -0.3 is 9.47 Å². The van der Waals surface area contributed by atoms with Crippen LogP contribution < -0.4 is 9.47 Å². The molecule has 2 unspecified atom stereocenters. The molecular weight excluding hydrogens is 246 g/mol. The summed E-state index contributed by atoms with van der Waals surface area (Å²) < 4.78 is 10.9. The first-order chi connectivity index (χ1) is 8.60. The van der Waals surface area contributed by atoms with Gasteiger partial charge in [-0.15, -0.1) is 11.8 Å². The molecule has 1 saturated carbocycles. The molecule has 2 rings (SSSR count). The predicted molar refractivity (Wildman–Crippen MR) is 72.4 cm³/mol. The number of hydrogen-bond acceptors (Lipinski definition) is 4. The van der Waals surface area contributed by atoms with Gasteiger partial charge >= 0.3 is 0 Å². The van der Waals surface area contributed by atoms with Gasteiger partial charge in [-0.05, 0) is 24.8 Å². The summed E-state index contributed by atoms with van der Waals surface area (Å²) >= 11 is 1.63. The summed E-state index contributed by atoms with van der Waals surface area (Å²) in [4.78, 5) is 1.05. The third-order valence-electron chi connectivity index (χ3n) is 3.71. The van der Waals surface area contributed by atoms with E-state index in [-0.39, 0.29) is 11.3 Å². The molecule has 0 N–H and O–H groups in total. The van der Waals surface area contributed by atoms with E-state index in [4.69, 9.17) is 14.7 Å². The molecule has 18 heavy (non-hydrogen) atoms. The number of methoxy groups -OCH3 is 2. The lowest BCUT2D eigenvalue weighted by molar-refractivity contribution is 0.386. The first-order valence-electron chi connectivity index (χ1n) is 5.80. The molecule has 1 aromatic carbocycles. The Labute approximate surface area is 112 Å². The number of ether oxygens (including phenoxy) is 2. The zero-order valence-corrected chi connectivity index (χ0v) is 11.9. The normalized spacial score (nSPS) is 25.4. The van der Waals surface area contributed by atoms with Crippen molar-refractivity contribution in [2.45, 2.75) is 23.7 Å². The van der Waals surface area contributed by atoms with Crippen LogP contribution in [0.4, 0.5) is 0 Å². The minimum Gasteiger partial charge on any atom is -0.496 e. The summed E-state index contributed by atoms with van der Waals surface area (Å²) in [6.07, 6.45) is 2.90. The third-order valence-corrected chi connectivity index (χ3v) is 4.47. The second-order valence-electron chi connectivity index (χ2n) is 4.71. The van der Waals surface area contributed by atoms with Crippen molar-refractivity contribution in [2.75, 3.05) is 20.5 Å². The molecule has 0 heterocycles. The Morgan fingerprint density at radius 2 is 2.00 bits per heavy atom. The zero-order chi connectivity index (χ0) is 13.3. The number of hydrogen-bond donors (Lipinski definition) is 0. The van der Waals surface area contributed by atoms with E-state index in [9.17, 15) is 0 Å². The van der Waals surface area contributed by atoms with Gasteiger partial charge in [-0.25, -0.2) is 0 Å². The summed E-state index contributed by atoms with van der Waals surface area (Å²) in [6, 6.07) is 6.36. The van der Waals surface area contributed by atoms with Crippen LogP contribution in [0.3, 0.4) is 0 Å². The van der Waals surface area contributed by atoms with Crippen LogP contribution in [0.25, 0.3) is 0 Å². The Kier molecular flexibility index (Phi) is 3.45. The topological polar surface area (TPSA) is 42.2 Å². The molecular formula is C14H17NO2S. The maximum atomic E-state index is 9.07. The number of benzene rings is 1. The highest BCUT2D eigenvalue weighted by Gasteiger charge is 2.53. The van der Waals surface area contributed by atoms with Crippen LogP contribution in [-0.2, 0) is 5.41 Å². The summed E-state index contributed by atoms with van der Waals surface area (Å²) in [7, 11) is 3.34. The van der Waals surface area contributed by atoms with Gasteiger partial charge in [0, 0.05) is 11.0 Å². The highest BCUT2D eigenvalue weighted by atomic mass is 32.2. The SMILES string of the molecule is COc1cc(C2(C)CC2C#N)c(OC)cc1SC. The number of thioether (sulfide) groups is 1. The van der Waals surface area contributed by atoms with Crippen molar-refractivity contribution < 1.29 is 9.47 Å². The summed E-state index contributed by atoms with van der Waals surface area (Å²) in [6.45, 7) is 2.11. The van der Waals surface area contributed by atoms with Crippen molar-refractivity contribution in [1.82, 2.24) is 0 Å². The lowest BCUT2D eigenvalue weighted by Crippen LogP contribution is -2.07. The first-order valence-corrected chi connectivity index (χ1v) is 7.03. The molecule has 3 nitrogen and oxygen atoms in total. The van der Waals surface area contributed by atoms with Crippen molar-refractivity contribution in [2.24, 2.45) is 5.92 Å². The van der Waals surface area contributed by atoms with E-state index >= 15 is 0 Å². The maximum Gasteiger partial charge on any atom is 0.132 e. The van der Waals surface area contributed by atoms with Gasteiger partial charge in [0.05, 0.1) is 31.1 Å². The van der Waals surface area contributed by atoms with Gasteiger partial charge in [0.2, 0.25) is 0 Å². The van der Waals surface area contributed by atoms with E-state index in [1.807, 2.05) is 18.4 Å². The molecule has 0 aliphatic heterocycles. The third kappa shape index (κ3) is 1.93. The second-order valence-corrected chi connectivity index (χ2v) is 5.56. The average Bonchev–Trinajstić information content (AvgIpc) is 3.09. The van der Waals surface area contributed by atoms with Crippen molar-refractivity contribution in [3.05, 3.63) is 17.7 Å². The highest BCUT2D eigenvalue weighted by molar-refractivity contribution is 7.98. The fraction of sp³-hybridized carbons (Fsp3) is 0.500. The fourth-order valence-electron chi connectivity index (χ4n) is 2.33. The fourth-order valence-corrected chi connectivity index (χ4v) is 2.89.